The van der Waals surface area contributed by atoms with Crippen molar-refractivity contribution in [1.29, 1.82) is 0 Å². The van der Waals surface area contributed by atoms with Crippen molar-refractivity contribution >= 4 is 0 Å². The predicted octanol–water partition coefficient (Wildman–Crippen LogP) is 1.36. The van der Waals surface area contributed by atoms with E-state index in [9.17, 15) is 0 Å². The zero-order valence-electron chi connectivity index (χ0n) is 6.96. The molecule has 2 fully saturated rings. The normalized spacial score (nSPS) is 47.5. The van der Waals surface area contributed by atoms with Crippen LogP contribution in [-0.4, -0.2) is 18.3 Å². The Balaban J connectivity index is 0.000000605. The molecule has 0 aromatic heterocycles. The minimum Gasteiger partial charge on any atom is -0.543 e. The second-order valence-electron chi connectivity index (χ2n) is 3.24. The smallest absolute Gasteiger partial charge is 0.0700 e. The van der Waals surface area contributed by atoms with Crippen LogP contribution in [0.15, 0.2) is 0 Å². The molecule has 0 aromatic rings. The van der Waals surface area contributed by atoms with E-state index in [-0.39, 0.29) is 42.8 Å². The topological polar surface area (TPSA) is 18.5 Å². The van der Waals surface area contributed by atoms with Gasteiger partial charge in [-0.1, -0.05) is 13.8 Å². The third-order valence-electron chi connectivity index (χ3n) is 2.88. The summed E-state index contributed by atoms with van der Waals surface area (Å²) in [5, 5.41) is 0. The van der Waals surface area contributed by atoms with Gasteiger partial charge in [0.15, 0.2) is 0 Å². The van der Waals surface area contributed by atoms with Gasteiger partial charge in [0, 0.05) is 31.1 Å². The molecule has 2 aliphatic heterocycles. The quantitative estimate of drug-likeness (QED) is 0.641. The fourth-order valence-corrected chi connectivity index (χ4v) is 1.82. The summed E-state index contributed by atoms with van der Waals surface area (Å²) in [5.41, 5.74) is 0.0324. The fraction of sp³-hybridized carbons (Fsp3) is 0.875. The Bertz CT molecular complexity index is 141. The van der Waals surface area contributed by atoms with Gasteiger partial charge < -0.3 is 9.47 Å². The maximum Gasteiger partial charge on any atom is 0.0700 e. The molecule has 2 saturated heterocycles. The first kappa shape index (κ1) is 10.1. The van der Waals surface area contributed by atoms with E-state index in [1.165, 1.54) is 0 Å². The molecule has 3 atom stereocenters. The fourth-order valence-electron chi connectivity index (χ4n) is 1.82. The Hall–Kier alpha value is 0.972. The molecule has 2 nitrogen and oxygen atoms in total. The van der Waals surface area contributed by atoms with Crippen molar-refractivity contribution in [3.05, 3.63) is 6.61 Å². The molecule has 0 N–H and O–H groups in total. The van der Waals surface area contributed by atoms with Gasteiger partial charge in [0.1, 0.15) is 0 Å². The second-order valence-corrected chi connectivity index (χ2v) is 3.24. The van der Waals surface area contributed by atoms with Gasteiger partial charge in [0.2, 0.25) is 0 Å². The molecule has 0 saturated carbocycles. The van der Waals surface area contributed by atoms with Crippen LogP contribution < -0.4 is 0 Å². The maximum atomic E-state index is 5.55. The Labute approximate surface area is 91.4 Å². The van der Waals surface area contributed by atoms with E-state index in [0.29, 0.717) is 5.92 Å². The molecule has 0 spiro atoms. The van der Waals surface area contributed by atoms with Crippen molar-refractivity contribution in [3.8, 4) is 0 Å². The zero-order chi connectivity index (χ0) is 7.19. The standard InChI is InChI=1S/C8H13O2.U/c1-3-8-5-9-7(4-10-8)6(8)2;/h4,6-7H,3,5H2,1-2H3;/q-1;/t6-,7-,8-;/m0./s1. The molecule has 3 heteroatoms. The summed E-state index contributed by atoms with van der Waals surface area (Å²) in [6.45, 7) is 6.98. The van der Waals surface area contributed by atoms with Gasteiger partial charge in [-0.05, 0) is 18.4 Å². The Morgan fingerprint density at radius 2 is 2.36 bits per heavy atom. The summed E-state index contributed by atoms with van der Waals surface area (Å²) in [4.78, 5) is 0. The van der Waals surface area contributed by atoms with E-state index in [0.717, 1.165) is 13.0 Å². The first-order valence-corrected chi connectivity index (χ1v) is 3.91. The van der Waals surface area contributed by atoms with E-state index >= 15 is 0 Å². The van der Waals surface area contributed by atoms with E-state index in [4.69, 9.17) is 9.47 Å². The van der Waals surface area contributed by atoms with Crippen molar-refractivity contribution in [2.45, 2.75) is 32.0 Å². The number of ether oxygens (including phenoxy) is 2. The molecule has 0 amide bonds. The van der Waals surface area contributed by atoms with Crippen LogP contribution in [0.2, 0.25) is 0 Å². The van der Waals surface area contributed by atoms with Crippen molar-refractivity contribution < 1.29 is 40.6 Å². The summed E-state index contributed by atoms with van der Waals surface area (Å²) in [6, 6.07) is 0. The second kappa shape index (κ2) is 3.38. The summed E-state index contributed by atoms with van der Waals surface area (Å²) in [5.74, 6) is 0.553. The van der Waals surface area contributed by atoms with Crippen LogP contribution in [0.3, 0.4) is 0 Å². The van der Waals surface area contributed by atoms with Crippen LogP contribution in [0.25, 0.3) is 0 Å². The van der Waals surface area contributed by atoms with E-state index in [1.54, 1.807) is 0 Å². The third kappa shape index (κ3) is 1.31. The van der Waals surface area contributed by atoms with Crippen molar-refractivity contribution in [2.24, 2.45) is 5.92 Å². The first-order valence-electron chi connectivity index (χ1n) is 3.91. The predicted molar refractivity (Wildman–Crippen MR) is 37.3 cm³/mol. The maximum absolute atomic E-state index is 5.55. The molecule has 11 heavy (non-hydrogen) atoms. The molecule has 2 rings (SSSR count). The third-order valence-corrected chi connectivity index (χ3v) is 2.88. The molecule has 0 aliphatic carbocycles. The first-order chi connectivity index (χ1) is 4.78. The Morgan fingerprint density at radius 3 is 2.55 bits per heavy atom. The van der Waals surface area contributed by atoms with Crippen LogP contribution in [-0.2, 0) is 9.47 Å². The van der Waals surface area contributed by atoms with Crippen LogP contribution in [0, 0.1) is 43.6 Å². The van der Waals surface area contributed by atoms with Crippen molar-refractivity contribution in [2.75, 3.05) is 6.61 Å². The number of hydrogen-bond acceptors (Lipinski definition) is 2. The molecule has 0 unspecified atom stereocenters. The average Bonchev–Trinajstić information content (AvgIpc) is 2.46. The van der Waals surface area contributed by atoms with E-state index in [2.05, 4.69) is 13.8 Å². The molecule has 62 valence electrons. The van der Waals surface area contributed by atoms with Gasteiger partial charge in [0.25, 0.3) is 0 Å². The number of fused-ring (bicyclic) bond motifs is 2. The van der Waals surface area contributed by atoms with E-state index < -0.39 is 0 Å². The molecule has 2 bridgehead atoms. The monoisotopic (exact) mass is 379 g/mol. The number of hydrogen-bond donors (Lipinski definition) is 0. The summed E-state index contributed by atoms with van der Waals surface area (Å²) < 4.78 is 11.0. The molecular formula is C8H13O2U-. The average molecular weight is 379 g/mol. The summed E-state index contributed by atoms with van der Waals surface area (Å²) in [6.07, 6.45) is 1.32. The molecular weight excluding hydrogens is 366 g/mol. The SMILES string of the molecule is CC[C@@]12CO[C@@H]([CH-]O1)[C@@H]2C.[U]. The van der Waals surface area contributed by atoms with Gasteiger partial charge >= 0.3 is 0 Å². The van der Waals surface area contributed by atoms with Gasteiger partial charge in [0.05, 0.1) is 12.2 Å². The van der Waals surface area contributed by atoms with Crippen molar-refractivity contribution in [1.82, 2.24) is 0 Å². The van der Waals surface area contributed by atoms with Crippen LogP contribution in [0.1, 0.15) is 20.3 Å². The minimum absolute atomic E-state index is 0. The molecule has 0 radical (unpaired) electrons. The molecule has 2 heterocycles. The van der Waals surface area contributed by atoms with Crippen molar-refractivity contribution in [3.63, 3.8) is 0 Å². The summed E-state index contributed by atoms with van der Waals surface area (Å²) in [7, 11) is 0. The zero-order valence-corrected chi connectivity index (χ0v) is 11.1. The van der Waals surface area contributed by atoms with Crippen LogP contribution in [0.5, 0.6) is 0 Å². The largest absolute Gasteiger partial charge is 0.543 e. The summed E-state index contributed by atoms with van der Waals surface area (Å²) >= 11 is 0. The van der Waals surface area contributed by atoms with Gasteiger partial charge in [-0.3, -0.25) is 0 Å². The molecule has 2 aliphatic rings. The minimum atomic E-state index is 0. The van der Waals surface area contributed by atoms with Crippen LogP contribution in [0.4, 0.5) is 0 Å². The Kier molecular flexibility index (Phi) is 3.09. The molecule has 0 aromatic carbocycles. The van der Waals surface area contributed by atoms with Gasteiger partial charge in [-0.25, -0.2) is 0 Å². The van der Waals surface area contributed by atoms with Gasteiger partial charge in [-0.2, -0.15) is 6.61 Å². The van der Waals surface area contributed by atoms with Crippen LogP contribution >= 0.6 is 0 Å². The van der Waals surface area contributed by atoms with E-state index in [1.807, 2.05) is 6.61 Å². The van der Waals surface area contributed by atoms with Gasteiger partial charge in [-0.15, -0.1) is 0 Å². The Morgan fingerprint density at radius 1 is 1.64 bits per heavy atom. The number of rotatable bonds is 1.